The molecule has 1 saturated heterocycles. The van der Waals surface area contributed by atoms with E-state index in [0.717, 1.165) is 12.7 Å². The topological polar surface area (TPSA) is 27.7 Å². The molecule has 130 valence electrons. The van der Waals surface area contributed by atoms with Gasteiger partial charge in [0.1, 0.15) is 0 Å². The number of rotatable bonds is 7. The molecule has 0 aromatic heterocycles. The maximum Gasteiger partial charge on any atom is 0.304 e. The van der Waals surface area contributed by atoms with E-state index >= 15 is 0 Å². The average molecular weight is 377 g/mol. The average Bonchev–Trinajstić information content (AvgIpc) is 2.37. The molecule has 1 aliphatic rings. The van der Waals surface area contributed by atoms with Crippen LogP contribution in [0.2, 0.25) is 51.4 Å². The molecule has 0 saturated carbocycles. The Hall–Kier alpha value is 0.228. The lowest BCUT2D eigenvalue weighted by molar-refractivity contribution is 0.294. The van der Waals surface area contributed by atoms with E-state index in [1.807, 2.05) is 11.8 Å². The molecule has 3 nitrogen and oxygen atoms in total. The van der Waals surface area contributed by atoms with Crippen molar-refractivity contribution in [1.29, 1.82) is 0 Å². The molecule has 1 rings (SSSR count). The van der Waals surface area contributed by atoms with Gasteiger partial charge in [-0.25, -0.2) is 0 Å². The van der Waals surface area contributed by atoms with Crippen LogP contribution < -0.4 is 0 Å². The first-order valence-electron chi connectivity index (χ1n) is 8.28. The van der Waals surface area contributed by atoms with Crippen LogP contribution in [-0.2, 0) is 12.7 Å². The molecule has 0 N–H and O–H groups in total. The quantitative estimate of drug-likeness (QED) is 0.488. The lowest BCUT2D eigenvalue weighted by Gasteiger charge is -2.30. The zero-order valence-corrected chi connectivity index (χ0v) is 19.8. The lowest BCUT2D eigenvalue weighted by atomic mass is 10.4. The number of hydrogen-bond acceptors (Lipinski definition) is 3. The fourth-order valence-electron chi connectivity index (χ4n) is 2.00. The van der Waals surface area contributed by atoms with Gasteiger partial charge < -0.3 is 12.7 Å². The van der Waals surface area contributed by atoms with Gasteiger partial charge in [0.05, 0.1) is 0 Å². The molecule has 0 radical (unpaired) electrons. The highest BCUT2D eigenvalue weighted by atomic mass is 28.4. The van der Waals surface area contributed by atoms with E-state index in [1.54, 1.807) is 0 Å². The summed E-state index contributed by atoms with van der Waals surface area (Å²) < 4.78 is 17.6. The SMILES string of the molecule is C=CC[SiH](O[Si](C)(C)C)O[Si](C)(C)C.C=C[SiH]1CCCCO1. The molecule has 1 unspecified atom stereocenters. The monoisotopic (exact) mass is 376 g/mol. The summed E-state index contributed by atoms with van der Waals surface area (Å²) in [5.41, 5.74) is 2.03. The third kappa shape index (κ3) is 13.9. The number of hydrogen-bond donors (Lipinski definition) is 0. The molecule has 1 aliphatic heterocycles. The van der Waals surface area contributed by atoms with Gasteiger partial charge >= 0.3 is 9.28 Å². The summed E-state index contributed by atoms with van der Waals surface area (Å²) in [5, 5.41) is 0. The van der Waals surface area contributed by atoms with E-state index in [4.69, 9.17) is 12.7 Å². The molecule has 0 aliphatic carbocycles. The first kappa shape index (κ1) is 22.2. The Morgan fingerprint density at radius 1 is 1.05 bits per heavy atom. The van der Waals surface area contributed by atoms with Gasteiger partial charge in [0.25, 0.3) is 0 Å². The van der Waals surface area contributed by atoms with Crippen LogP contribution >= 0.6 is 0 Å². The summed E-state index contributed by atoms with van der Waals surface area (Å²) in [5.74, 6) is 0. The van der Waals surface area contributed by atoms with Crippen molar-refractivity contribution in [3.8, 4) is 0 Å². The van der Waals surface area contributed by atoms with Gasteiger partial charge in [-0.05, 0) is 51.7 Å². The maximum absolute atomic E-state index is 6.07. The van der Waals surface area contributed by atoms with Gasteiger partial charge in [0, 0.05) is 12.7 Å². The largest absolute Gasteiger partial charge is 0.439 e. The molecule has 0 bridgehead atoms. The van der Waals surface area contributed by atoms with Gasteiger partial charge in [0.15, 0.2) is 16.6 Å². The zero-order valence-electron chi connectivity index (χ0n) is 15.5. The van der Waals surface area contributed by atoms with Crippen LogP contribution in [0.25, 0.3) is 0 Å². The van der Waals surface area contributed by atoms with Crippen LogP contribution in [0.3, 0.4) is 0 Å². The van der Waals surface area contributed by atoms with Crippen molar-refractivity contribution >= 4 is 35.0 Å². The molecule has 1 fully saturated rings. The third-order valence-corrected chi connectivity index (χ3v) is 13.5. The van der Waals surface area contributed by atoms with E-state index in [0.29, 0.717) is 0 Å². The zero-order chi connectivity index (χ0) is 17.2. The highest BCUT2D eigenvalue weighted by Gasteiger charge is 2.27. The van der Waals surface area contributed by atoms with Gasteiger partial charge in [-0.2, -0.15) is 0 Å². The van der Waals surface area contributed by atoms with Crippen LogP contribution in [-0.4, -0.2) is 41.6 Å². The standard InChI is InChI=1S/C9H24O2Si3.C6H12OSi/c1-8-9-12(10-13(2,3)4)11-14(5,6)7;1-2-8-6-4-3-5-7-8/h8,12H,1,9H2,2-7H3;2,8H,1,3-6H2. The summed E-state index contributed by atoms with van der Waals surface area (Å²) in [6.45, 7) is 21.7. The summed E-state index contributed by atoms with van der Waals surface area (Å²) in [4.78, 5) is 0. The minimum absolute atomic E-state index is 0.841. The van der Waals surface area contributed by atoms with Gasteiger partial charge in [-0.3, -0.25) is 0 Å². The second-order valence-corrected chi connectivity index (χ2v) is 21.7. The van der Waals surface area contributed by atoms with E-state index < -0.39 is 35.0 Å². The van der Waals surface area contributed by atoms with Crippen LogP contribution in [0.1, 0.15) is 12.8 Å². The molecule has 0 aromatic carbocycles. The van der Waals surface area contributed by atoms with Gasteiger partial charge in [-0.15, -0.1) is 13.2 Å². The van der Waals surface area contributed by atoms with E-state index in [9.17, 15) is 0 Å². The maximum atomic E-state index is 6.07. The summed E-state index contributed by atoms with van der Waals surface area (Å²) in [6, 6.07) is 2.23. The van der Waals surface area contributed by atoms with Crippen LogP contribution in [0.5, 0.6) is 0 Å². The third-order valence-electron chi connectivity index (χ3n) is 2.81. The Bertz CT molecular complexity index is 302. The summed E-state index contributed by atoms with van der Waals surface area (Å²) >= 11 is 0. The van der Waals surface area contributed by atoms with E-state index in [1.165, 1.54) is 18.9 Å². The molecule has 1 heterocycles. The Morgan fingerprint density at radius 3 is 1.86 bits per heavy atom. The Balaban J connectivity index is 0.000000461. The van der Waals surface area contributed by atoms with Crippen LogP contribution in [0.4, 0.5) is 0 Å². The minimum Gasteiger partial charge on any atom is -0.439 e. The molecule has 0 amide bonds. The van der Waals surface area contributed by atoms with Gasteiger partial charge in [0.2, 0.25) is 9.04 Å². The summed E-state index contributed by atoms with van der Waals surface area (Å²) in [7, 11) is -5.21. The smallest absolute Gasteiger partial charge is 0.304 e. The molecule has 0 aromatic rings. The molecule has 7 heteroatoms. The predicted molar refractivity (Wildman–Crippen MR) is 108 cm³/mol. The molecule has 22 heavy (non-hydrogen) atoms. The van der Waals surface area contributed by atoms with Crippen molar-refractivity contribution in [1.82, 2.24) is 0 Å². The van der Waals surface area contributed by atoms with Crippen molar-refractivity contribution in [3.63, 3.8) is 0 Å². The van der Waals surface area contributed by atoms with Crippen molar-refractivity contribution in [2.24, 2.45) is 0 Å². The molecular weight excluding hydrogens is 341 g/mol. The second-order valence-electron chi connectivity index (χ2n) is 7.56. The fourth-order valence-corrected chi connectivity index (χ4v) is 11.7. The Kier molecular flexibility index (Phi) is 11.0. The van der Waals surface area contributed by atoms with Crippen LogP contribution in [0.15, 0.2) is 24.9 Å². The van der Waals surface area contributed by atoms with E-state index in [-0.39, 0.29) is 0 Å². The molecular formula is C15H36O3Si4. The molecule has 0 spiro atoms. The van der Waals surface area contributed by atoms with Crippen molar-refractivity contribution in [3.05, 3.63) is 24.9 Å². The van der Waals surface area contributed by atoms with Gasteiger partial charge in [-0.1, -0.05) is 18.2 Å². The Labute approximate surface area is 143 Å². The lowest BCUT2D eigenvalue weighted by Crippen LogP contribution is -2.42. The van der Waals surface area contributed by atoms with Crippen molar-refractivity contribution in [2.45, 2.75) is 64.2 Å². The summed E-state index contributed by atoms with van der Waals surface area (Å²) in [6.07, 6.45) is 4.55. The predicted octanol–water partition coefficient (Wildman–Crippen LogP) is 4.34. The van der Waals surface area contributed by atoms with Crippen molar-refractivity contribution in [2.75, 3.05) is 6.61 Å². The normalized spacial score (nSPS) is 19.3. The van der Waals surface area contributed by atoms with Crippen LogP contribution in [0, 0.1) is 0 Å². The first-order valence-corrected chi connectivity index (χ1v) is 18.8. The number of allylic oxidation sites excluding steroid dienone is 1. The minimum atomic E-state index is -1.48. The highest BCUT2D eigenvalue weighted by Crippen LogP contribution is 2.14. The van der Waals surface area contributed by atoms with E-state index in [2.05, 4.69) is 52.4 Å². The van der Waals surface area contributed by atoms with Crippen molar-refractivity contribution < 1.29 is 12.7 Å². The Morgan fingerprint density at radius 2 is 1.59 bits per heavy atom. The first-order chi connectivity index (χ1) is 10.1. The second kappa shape index (κ2) is 10.9. The fraction of sp³-hybridized carbons (Fsp3) is 0.733. The molecule has 1 atom stereocenters. The highest BCUT2D eigenvalue weighted by molar-refractivity contribution is 6.81.